The molecule has 31 heavy (non-hydrogen) atoms. The van der Waals surface area contributed by atoms with Gasteiger partial charge in [-0.05, 0) is 5.56 Å². The van der Waals surface area contributed by atoms with Crippen molar-refractivity contribution in [2.75, 3.05) is 0 Å². The van der Waals surface area contributed by atoms with Crippen LogP contribution < -0.4 is 0 Å². The van der Waals surface area contributed by atoms with Gasteiger partial charge in [-0.3, -0.25) is 0 Å². The average molecular weight is 541 g/mol. The standard InChI is InChI=1S/C11H5F6.C8H16.C2H6.3CH3.Rh/c12-10(13,14)8-5-9(11(15,16)17)7-4-2-1-3-6(7)8;1-2-4-6-8-7-5-3-1;1-2;;;;/h1-5H;1-8H2;1-2H3;3*1H3;/q-1;;;3*-1;. The molecule has 0 heterocycles. The Hall–Kier alpha value is -0.967. The number of alkyl halides is 6. The molecule has 0 aromatic heterocycles. The van der Waals surface area contributed by atoms with Gasteiger partial charge in [0.2, 0.25) is 0 Å². The predicted molar refractivity (Wildman–Crippen MR) is 117 cm³/mol. The van der Waals surface area contributed by atoms with Gasteiger partial charge in [-0.2, -0.15) is 26.3 Å². The molecule has 2 aromatic carbocycles. The van der Waals surface area contributed by atoms with E-state index in [1.54, 1.807) is 0 Å². The van der Waals surface area contributed by atoms with E-state index in [0.717, 1.165) is 12.1 Å². The maximum absolute atomic E-state index is 12.6. The van der Waals surface area contributed by atoms with Crippen LogP contribution in [0.25, 0.3) is 10.8 Å². The van der Waals surface area contributed by atoms with Crippen LogP contribution in [-0.4, -0.2) is 0 Å². The minimum absolute atomic E-state index is 0. The van der Waals surface area contributed by atoms with E-state index >= 15 is 0 Å². The predicted octanol–water partition coefficient (Wildman–Crippen LogP) is 10.1. The summed E-state index contributed by atoms with van der Waals surface area (Å²) in [4.78, 5) is 0. The fourth-order valence-electron chi connectivity index (χ4n) is 3.14. The topological polar surface area (TPSA) is 0 Å². The second kappa shape index (κ2) is 17.6. The first-order valence-corrected chi connectivity index (χ1v) is 9.54. The molecule has 0 amide bonds. The van der Waals surface area contributed by atoms with Crippen LogP contribution in [0.2, 0.25) is 0 Å². The summed E-state index contributed by atoms with van der Waals surface area (Å²) in [5.41, 5.74) is -2.50. The van der Waals surface area contributed by atoms with Crippen molar-refractivity contribution >= 4 is 10.8 Å². The molecule has 0 spiro atoms. The molecule has 2 aromatic rings. The van der Waals surface area contributed by atoms with E-state index in [4.69, 9.17) is 0 Å². The molecule has 0 N–H and O–H groups in total. The van der Waals surface area contributed by atoms with E-state index in [1.807, 2.05) is 13.8 Å². The average Bonchev–Trinajstić information content (AvgIpc) is 2.97. The third-order valence-corrected chi connectivity index (χ3v) is 4.41. The Kier molecular flexibility index (Phi) is 21.2. The zero-order valence-corrected chi connectivity index (χ0v) is 20.8. The summed E-state index contributed by atoms with van der Waals surface area (Å²) < 4.78 is 75.3. The molecule has 0 nitrogen and oxygen atoms in total. The van der Waals surface area contributed by atoms with Crippen molar-refractivity contribution in [2.24, 2.45) is 0 Å². The van der Waals surface area contributed by atoms with Crippen LogP contribution in [-0.2, 0) is 31.8 Å². The SMILES string of the molecule is C1CCCCCCC1.CC.FC(F)(F)c1c[c-](C(F)(F)F)c2ccccc12.[CH3-].[CH3-].[CH3-].[Rh]. The van der Waals surface area contributed by atoms with Crippen LogP contribution >= 0.6 is 0 Å². The normalized spacial score (nSPS) is 13.7. The second-order valence-corrected chi connectivity index (χ2v) is 6.34. The number of hydrogen-bond acceptors (Lipinski definition) is 0. The molecular formula is C24H36F6Rh-4. The first-order valence-electron chi connectivity index (χ1n) is 9.54. The summed E-state index contributed by atoms with van der Waals surface area (Å²) in [7, 11) is 0. The Morgan fingerprint density at radius 1 is 0.677 bits per heavy atom. The van der Waals surface area contributed by atoms with Crippen molar-refractivity contribution in [1.29, 1.82) is 0 Å². The molecule has 187 valence electrons. The maximum Gasteiger partial charge on any atom is 0.381 e. The Morgan fingerprint density at radius 3 is 1.35 bits per heavy atom. The summed E-state index contributed by atoms with van der Waals surface area (Å²) >= 11 is 0. The van der Waals surface area contributed by atoms with Gasteiger partial charge in [0.1, 0.15) is 0 Å². The van der Waals surface area contributed by atoms with Crippen LogP contribution in [0.3, 0.4) is 0 Å². The molecule has 1 radical (unpaired) electrons. The van der Waals surface area contributed by atoms with Gasteiger partial charge in [0, 0.05) is 19.5 Å². The summed E-state index contributed by atoms with van der Waals surface area (Å²) in [5, 5.41) is -0.848. The van der Waals surface area contributed by atoms with Gasteiger partial charge in [-0.15, -0.1) is 35.0 Å². The maximum atomic E-state index is 12.6. The summed E-state index contributed by atoms with van der Waals surface area (Å²) in [6.07, 6.45) is 2.42. The summed E-state index contributed by atoms with van der Waals surface area (Å²) in [5.74, 6) is 0. The first kappa shape index (κ1) is 37.4. The molecule has 0 atom stereocenters. The van der Waals surface area contributed by atoms with E-state index in [1.165, 1.54) is 63.5 Å². The van der Waals surface area contributed by atoms with Crippen molar-refractivity contribution in [1.82, 2.24) is 0 Å². The van der Waals surface area contributed by atoms with Gasteiger partial charge in [0.25, 0.3) is 0 Å². The van der Waals surface area contributed by atoms with Crippen LogP contribution in [0.4, 0.5) is 26.3 Å². The number of halogens is 6. The van der Waals surface area contributed by atoms with Gasteiger partial charge >= 0.3 is 12.4 Å². The number of rotatable bonds is 0. The summed E-state index contributed by atoms with van der Waals surface area (Å²) in [6.45, 7) is 4.00. The van der Waals surface area contributed by atoms with E-state index in [0.29, 0.717) is 0 Å². The molecule has 7 heteroatoms. The van der Waals surface area contributed by atoms with Crippen molar-refractivity contribution in [3.8, 4) is 0 Å². The van der Waals surface area contributed by atoms with Crippen LogP contribution in [0.1, 0.15) is 76.3 Å². The van der Waals surface area contributed by atoms with Crippen molar-refractivity contribution in [3.05, 3.63) is 63.7 Å². The zero-order valence-electron chi connectivity index (χ0n) is 19.1. The fourth-order valence-corrected chi connectivity index (χ4v) is 3.14. The van der Waals surface area contributed by atoms with Gasteiger partial charge in [-0.1, -0.05) is 76.8 Å². The minimum Gasteiger partial charge on any atom is -0.358 e. The molecule has 0 bridgehead atoms. The van der Waals surface area contributed by atoms with Gasteiger partial charge in [0.15, 0.2) is 0 Å². The second-order valence-electron chi connectivity index (χ2n) is 6.34. The van der Waals surface area contributed by atoms with Crippen molar-refractivity contribution < 1.29 is 45.8 Å². The monoisotopic (exact) mass is 541 g/mol. The van der Waals surface area contributed by atoms with Crippen LogP contribution in [0.5, 0.6) is 0 Å². The smallest absolute Gasteiger partial charge is 0.358 e. The molecule has 1 aliphatic carbocycles. The van der Waals surface area contributed by atoms with E-state index < -0.39 is 34.3 Å². The van der Waals surface area contributed by atoms with Gasteiger partial charge in [0.05, 0.1) is 0 Å². The molecule has 0 aliphatic heterocycles. The van der Waals surface area contributed by atoms with Gasteiger partial charge < -0.3 is 22.3 Å². The molecule has 3 rings (SSSR count). The Bertz CT molecular complexity index is 599. The van der Waals surface area contributed by atoms with Crippen molar-refractivity contribution in [2.45, 2.75) is 77.6 Å². The molecule has 1 saturated carbocycles. The van der Waals surface area contributed by atoms with E-state index in [9.17, 15) is 26.3 Å². The van der Waals surface area contributed by atoms with E-state index in [2.05, 4.69) is 0 Å². The van der Waals surface area contributed by atoms with Crippen LogP contribution in [0, 0.1) is 22.3 Å². The van der Waals surface area contributed by atoms with E-state index in [-0.39, 0.29) is 47.8 Å². The quantitative estimate of drug-likeness (QED) is 0.177. The minimum atomic E-state index is -4.79. The molecular weight excluding hydrogens is 505 g/mol. The number of hydrogen-bond donors (Lipinski definition) is 0. The first-order chi connectivity index (χ1) is 12.7. The largest absolute Gasteiger partial charge is 0.381 e. The fraction of sp³-hybridized carbons (Fsp3) is 0.500. The third kappa shape index (κ3) is 12.0. The molecule has 1 aliphatic rings. The Labute approximate surface area is 197 Å². The molecule has 0 saturated heterocycles. The third-order valence-electron chi connectivity index (χ3n) is 4.41. The van der Waals surface area contributed by atoms with Crippen molar-refractivity contribution in [3.63, 3.8) is 0 Å². The number of benzene rings is 1. The van der Waals surface area contributed by atoms with Crippen LogP contribution in [0.15, 0.2) is 30.3 Å². The van der Waals surface area contributed by atoms with Gasteiger partial charge in [-0.25, -0.2) is 0 Å². The molecule has 0 unspecified atom stereocenters. The Balaban J connectivity index is -0.000000225. The molecule has 1 fully saturated rings. The number of fused-ring (bicyclic) bond motifs is 1. The zero-order chi connectivity index (χ0) is 20.5. The summed E-state index contributed by atoms with van der Waals surface area (Å²) in [6, 6.07) is 4.78. The Morgan fingerprint density at radius 2 is 1.03 bits per heavy atom.